The van der Waals surface area contributed by atoms with Crippen LogP contribution in [-0.4, -0.2) is 39.3 Å². The minimum absolute atomic E-state index is 0.550. The third-order valence-electron chi connectivity index (χ3n) is 4.34. The normalized spacial score (nSPS) is 11.6. The van der Waals surface area contributed by atoms with E-state index in [0.717, 1.165) is 16.5 Å². The van der Waals surface area contributed by atoms with Crippen LogP contribution in [0, 0.1) is 0 Å². The van der Waals surface area contributed by atoms with Crippen molar-refractivity contribution in [3.8, 4) is 0 Å². The Morgan fingerprint density at radius 2 is 1.88 bits per heavy atom. The van der Waals surface area contributed by atoms with E-state index in [1.807, 2.05) is 24.0 Å². The van der Waals surface area contributed by atoms with Gasteiger partial charge in [-0.3, -0.25) is 0 Å². The summed E-state index contributed by atoms with van der Waals surface area (Å²) in [6, 6.07) is 6.38. The molecule has 0 fully saturated rings. The smallest absolute Gasteiger partial charge is 0.194 e. The van der Waals surface area contributed by atoms with Crippen LogP contribution in [0.4, 0.5) is 0 Å². The van der Waals surface area contributed by atoms with Crippen molar-refractivity contribution in [1.82, 2.24) is 39.3 Å². The van der Waals surface area contributed by atoms with Gasteiger partial charge in [-0.05, 0) is 27.6 Å². The van der Waals surface area contributed by atoms with Crippen molar-refractivity contribution in [3.05, 3.63) is 66.9 Å². The first-order valence-corrected chi connectivity index (χ1v) is 8.30. The Kier molecular flexibility index (Phi) is 3.27. The number of aryl methyl sites for hydroxylation is 1. The van der Waals surface area contributed by atoms with Gasteiger partial charge in [0.2, 0.25) is 0 Å². The number of fused-ring (bicyclic) bond motifs is 2. The minimum Gasteiger partial charge on any atom is -0.356 e. The Hall–Kier alpha value is -3.55. The van der Waals surface area contributed by atoms with Crippen molar-refractivity contribution in [2.75, 3.05) is 0 Å². The van der Waals surface area contributed by atoms with Gasteiger partial charge >= 0.3 is 0 Å². The number of tetrazole rings is 1. The topological polar surface area (TPSA) is 79.2 Å². The summed E-state index contributed by atoms with van der Waals surface area (Å²) < 4.78 is 4.06. The van der Waals surface area contributed by atoms with Crippen molar-refractivity contribution in [1.29, 1.82) is 0 Å². The van der Waals surface area contributed by atoms with Crippen LogP contribution in [0.5, 0.6) is 0 Å². The third-order valence-corrected chi connectivity index (χ3v) is 4.34. The highest BCUT2D eigenvalue weighted by Crippen LogP contribution is 2.17. The summed E-state index contributed by atoms with van der Waals surface area (Å²) in [7, 11) is 2.03. The molecule has 4 aromatic heterocycles. The zero-order valence-corrected chi connectivity index (χ0v) is 14.2. The van der Waals surface area contributed by atoms with E-state index >= 15 is 0 Å². The van der Waals surface area contributed by atoms with E-state index in [0.29, 0.717) is 18.9 Å². The summed E-state index contributed by atoms with van der Waals surface area (Å²) in [5.74, 6) is 0.666. The fourth-order valence-electron chi connectivity index (χ4n) is 3.18. The second-order valence-electron chi connectivity index (χ2n) is 6.42. The summed E-state index contributed by atoms with van der Waals surface area (Å²) in [5.41, 5.74) is 2.05. The summed E-state index contributed by atoms with van der Waals surface area (Å²) in [5, 5.41) is 16.3. The highest BCUT2D eigenvalue weighted by Gasteiger charge is 2.07. The van der Waals surface area contributed by atoms with E-state index in [1.165, 1.54) is 10.8 Å². The van der Waals surface area contributed by atoms with Crippen LogP contribution >= 0.6 is 0 Å². The van der Waals surface area contributed by atoms with E-state index in [4.69, 9.17) is 0 Å². The molecule has 0 saturated heterocycles. The van der Waals surface area contributed by atoms with Crippen molar-refractivity contribution in [2.24, 2.45) is 7.05 Å². The molecule has 5 rings (SSSR count). The monoisotopic (exact) mass is 344 g/mol. The molecule has 8 nitrogen and oxygen atoms in total. The van der Waals surface area contributed by atoms with Gasteiger partial charge in [-0.1, -0.05) is 12.1 Å². The van der Waals surface area contributed by atoms with Crippen molar-refractivity contribution in [2.45, 2.75) is 13.1 Å². The average Bonchev–Trinajstić information content (AvgIpc) is 3.32. The number of aromatic nitrogens is 8. The van der Waals surface area contributed by atoms with E-state index in [2.05, 4.69) is 60.5 Å². The largest absolute Gasteiger partial charge is 0.356 e. The number of rotatable bonds is 4. The molecule has 0 amide bonds. The number of nitrogens with zero attached hydrogens (tertiary/aromatic N) is 8. The fraction of sp³-hybridized carbons (Fsp3) is 0.167. The SMILES string of the molecule is Cn1cc2ccc(Cn3nnc(Cn4cc5cncnc5c4)n3)cc2c1. The summed E-state index contributed by atoms with van der Waals surface area (Å²) in [4.78, 5) is 9.90. The lowest BCUT2D eigenvalue weighted by molar-refractivity contribution is 0.569. The molecular weight excluding hydrogens is 328 g/mol. The first-order chi connectivity index (χ1) is 12.7. The predicted molar refractivity (Wildman–Crippen MR) is 96.5 cm³/mol. The zero-order chi connectivity index (χ0) is 17.5. The maximum Gasteiger partial charge on any atom is 0.194 e. The molecule has 128 valence electrons. The third kappa shape index (κ3) is 2.71. The second-order valence-corrected chi connectivity index (χ2v) is 6.42. The molecule has 1 aromatic carbocycles. The van der Waals surface area contributed by atoms with Gasteiger partial charge in [0.25, 0.3) is 0 Å². The highest BCUT2D eigenvalue weighted by atomic mass is 15.6. The van der Waals surface area contributed by atoms with Gasteiger partial charge in [0.05, 0.1) is 18.6 Å². The molecular formula is C18H16N8. The molecule has 0 aliphatic carbocycles. The van der Waals surface area contributed by atoms with Gasteiger partial charge in [0.1, 0.15) is 6.33 Å². The van der Waals surface area contributed by atoms with E-state index in [9.17, 15) is 0 Å². The number of hydrogen-bond acceptors (Lipinski definition) is 5. The van der Waals surface area contributed by atoms with Crippen molar-refractivity contribution < 1.29 is 0 Å². The Labute approximate surface area is 148 Å². The molecule has 0 spiro atoms. The Morgan fingerprint density at radius 3 is 2.81 bits per heavy atom. The lowest BCUT2D eigenvalue weighted by atomic mass is 10.1. The molecule has 0 aliphatic rings. The molecule has 0 aliphatic heterocycles. The molecule has 4 heterocycles. The first kappa shape index (κ1) is 14.8. The summed E-state index contributed by atoms with van der Waals surface area (Å²) >= 11 is 0. The molecule has 0 saturated carbocycles. The Balaban J connectivity index is 1.35. The van der Waals surface area contributed by atoms with Crippen LogP contribution in [-0.2, 0) is 20.1 Å². The molecule has 0 bridgehead atoms. The van der Waals surface area contributed by atoms with E-state index in [1.54, 1.807) is 17.3 Å². The maximum absolute atomic E-state index is 4.49. The van der Waals surface area contributed by atoms with Crippen LogP contribution in [0.15, 0.2) is 55.5 Å². The second kappa shape index (κ2) is 5.76. The van der Waals surface area contributed by atoms with Gasteiger partial charge in [-0.15, -0.1) is 10.2 Å². The molecule has 0 atom stereocenters. The lowest BCUT2D eigenvalue weighted by Gasteiger charge is -2.00. The molecule has 0 radical (unpaired) electrons. The summed E-state index contributed by atoms with van der Waals surface area (Å²) in [6.07, 6.45) is 11.5. The molecule has 8 heteroatoms. The fourth-order valence-corrected chi connectivity index (χ4v) is 3.18. The lowest BCUT2D eigenvalue weighted by Crippen LogP contribution is -2.05. The molecule has 26 heavy (non-hydrogen) atoms. The zero-order valence-electron chi connectivity index (χ0n) is 14.2. The summed E-state index contributed by atoms with van der Waals surface area (Å²) in [6.45, 7) is 1.14. The van der Waals surface area contributed by atoms with Crippen LogP contribution < -0.4 is 0 Å². The van der Waals surface area contributed by atoms with Crippen LogP contribution in [0.2, 0.25) is 0 Å². The molecule has 0 unspecified atom stereocenters. The minimum atomic E-state index is 0.550. The Morgan fingerprint density at radius 1 is 0.962 bits per heavy atom. The molecule has 5 aromatic rings. The van der Waals surface area contributed by atoms with Crippen LogP contribution in [0.1, 0.15) is 11.4 Å². The maximum atomic E-state index is 4.49. The van der Waals surface area contributed by atoms with Gasteiger partial charge in [-0.2, -0.15) is 4.80 Å². The number of hydrogen-bond donors (Lipinski definition) is 0. The van der Waals surface area contributed by atoms with Gasteiger partial charge in [-0.25, -0.2) is 9.97 Å². The highest BCUT2D eigenvalue weighted by molar-refractivity contribution is 5.82. The molecule has 0 N–H and O–H groups in total. The standard InChI is InChI=1S/C18H16N8/c1-24-7-14-3-2-13(4-15(14)8-24)6-26-22-18(21-23-26)11-25-9-16-5-19-12-20-17(16)10-25/h2-5,7-10,12H,6,11H2,1H3. The first-order valence-electron chi connectivity index (χ1n) is 8.30. The Bertz CT molecular complexity index is 1180. The van der Waals surface area contributed by atoms with Crippen LogP contribution in [0.25, 0.3) is 21.7 Å². The quantitative estimate of drug-likeness (QED) is 0.498. The van der Waals surface area contributed by atoms with Crippen LogP contribution in [0.3, 0.4) is 0 Å². The van der Waals surface area contributed by atoms with Crippen molar-refractivity contribution in [3.63, 3.8) is 0 Å². The van der Waals surface area contributed by atoms with Gasteiger partial charge in [0, 0.05) is 43.4 Å². The van der Waals surface area contributed by atoms with Crippen molar-refractivity contribution >= 4 is 21.7 Å². The van der Waals surface area contributed by atoms with E-state index < -0.39 is 0 Å². The number of benzene rings is 1. The van der Waals surface area contributed by atoms with E-state index in [-0.39, 0.29) is 0 Å². The van der Waals surface area contributed by atoms with Gasteiger partial charge in [0.15, 0.2) is 5.82 Å². The predicted octanol–water partition coefficient (Wildman–Crippen LogP) is 2.01. The van der Waals surface area contributed by atoms with Gasteiger partial charge < -0.3 is 9.13 Å². The average molecular weight is 344 g/mol.